The summed E-state index contributed by atoms with van der Waals surface area (Å²) >= 11 is 1.19. The molecule has 2 heterocycles. The molecule has 0 aliphatic heterocycles. The third kappa shape index (κ3) is 4.59. The molecular weight excluding hydrogens is 376 g/mol. The Bertz CT molecular complexity index is 1010. The van der Waals surface area contributed by atoms with E-state index in [-0.39, 0.29) is 18.8 Å². The highest BCUT2D eigenvalue weighted by Gasteiger charge is 2.20. The van der Waals surface area contributed by atoms with Crippen molar-refractivity contribution in [2.24, 2.45) is 5.92 Å². The number of para-hydroxylation sites is 1. The molecule has 2 aromatic heterocycles. The topological polar surface area (TPSA) is 70.4 Å². The van der Waals surface area contributed by atoms with Gasteiger partial charge in [0.15, 0.2) is 0 Å². The number of rotatable bonds is 8. The Morgan fingerprint density at radius 3 is 2.68 bits per heavy atom. The number of carbonyl (C=O) groups excluding carboxylic acids is 1. The molecule has 0 fully saturated rings. The summed E-state index contributed by atoms with van der Waals surface area (Å²) in [6, 6.07) is 9.34. The second kappa shape index (κ2) is 9.01. The van der Waals surface area contributed by atoms with Crippen molar-refractivity contribution in [1.29, 1.82) is 0 Å². The first-order valence-corrected chi connectivity index (χ1v) is 10.1. The van der Waals surface area contributed by atoms with Crippen LogP contribution in [0.5, 0.6) is 5.75 Å². The number of aryl methyl sites for hydroxylation is 2. The first kappa shape index (κ1) is 20.1. The minimum absolute atomic E-state index is 0.106. The predicted octanol–water partition coefficient (Wildman–Crippen LogP) is 4.05. The summed E-state index contributed by atoms with van der Waals surface area (Å²) in [7, 11) is 0. The van der Waals surface area contributed by atoms with Gasteiger partial charge >= 0.3 is 5.97 Å². The average Bonchev–Trinajstić information content (AvgIpc) is 3.02. The number of hydrogen-bond acceptors (Lipinski definition) is 6. The Morgan fingerprint density at radius 1 is 1.21 bits per heavy atom. The summed E-state index contributed by atoms with van der Waals surface area (Å²) in [5.74, 6) is 0.767. The van der Waals surface area contributed by atoms with E-state index < -0.39 is 5.97 Å². The van der Waals surface area contributed by atoms with Crippen molar-refractivity contribution in [1.82, 2.24) is 9.55 Å². The standard InChI is InChI=1S/C21H24N2O4S/c1-14(2)9-10-23-13-22-19-17(20(23)24)15(3)18(28-19)21(25)27-12-11-26-16-7-5-4-6-8-16/h4-8,13-14H,9-12H2,1-3H3. The van der Waals surface area contributed by atoms with Crippen LogP contribution in [0.3, 0.4) is 0 Å². The van der Waals surface area contributed by atoms with Crippen LogP contribution in [0.15, 0.2) is 41.5 Å². The fraction of sp³-hybridized carbons (Fsp3) is 0.381. The van der Waals surface area contributed by atoms with Crippen molar-refractivity contribution < 1.29 is 14.3 Å². The summed E-state index contributed by atoms with van der Waals surface area (Å²) < 4.78 is 12.5. The van der Waals surface area contributed by atoms with E-state index in [0.717, 1.165) is 12.2 Å². The van der Waals surface area contributed by atoms with Crippen LogP contribution in [-0.4, -0.2) is 28.7 Å². The summed E-state index contributed by atoms with van der Waals surface area (Å²) in [5.41, 5.74) is 0.524. The number of carbonyl (C=O) groups is 1. The Hall–Kier alpha value is -2.67. The van der Waals surface area contributed by atoms with Gasteiger partial charge in [-0.15, -0.1) is 11.3 Å². The minimum Gasteiger partial charge on any atom is -0.490 e. The average molecular weight is 401 g/mol. The lowest BCUT2D eigenvalue weighted by Crippen LogP contribution is -2.21. The molecule has 0 radical (unpaired) electrons. The van der Waals surface area contributed by atoms with Crippen molar-refractivity contribution in [2.45, 2.75) is 33.7 Å². The molecule has 0 aliphatic carbocycles. The van der Waals surface area contributed by atoms with Crippen molar-refractivity contribution >= 4 is 27.5 Å². The van der Waals surface area contributed by atoms with Gasteiger partial charge in [-0.05, 0) is 37.0 Å². The maximum Gasteiger partial charge on any atom is 0.348 e. The van der Waals surface area contributed by atoms with Gasteiger partial charge in [0, 0.05) is 6.54 Å². The molecule has 7 heteroatoms. The molecule has 3 rings (SSSR count). The molecule has 0 N–H and O–H groups in total. The summed E-state index contributed by atoms with van der Waals surface area (Å²) in [4.78, 5) is 30.6. The highest BCUT2D eigenvalue weighted by Crippen LogP contribution is 2.27. The van der Waals surface area contributed by atoms with E-state index >= 15 is 0 Å². The van der Waals surface area contributed by atoms with Gasteiger partial charge in [0.2, 0.25) is 0 Å². The second-order valence-corrected chi connectivity index (χ2v) is 7.96. The van der Waals surface area contributed by atoms with Gasteiger partial charge in [-0.25, -0.2) is 9.78 Å². The van der Waals surface area contributed by atoms with Crippen molar-refractivity contribution in [3.63, 3.8) is 0 Å². The lowest BCUT2D eigenvalue weighted by atomic mass is 10.1. The SMILES string of the molecule is Cc1c(C(=O)OCCOc2ccccc2)sc2ncn(CCC(C)C)c(=O)c12. The molecule has 3 aromatic rings. The van der Waals surface area contributed by atoms with Crippen LogP contribution in [0.2, 0.25) is 0 Å². The van der Waals surface area contributed by atoms with Crippen LogP contribution in [0.4, 0.5) is 0 Å². The molecule has 0 saturated heterocycles. The summed E-state index contributed by atoms with van der Waals surface area (Å²) in [6.45, 7) is 7.01. The van der Waals surface area contributed by atoms with Crippen LogP contribution >= 0.6 is 11.3 Å². The lowest BCUT2D eigenvalue weighted by molar-refractivity contribution is 0.0455. The first-order chi connectivity index (χ1) is 13.5. The van der Waals surface area contributed by atoms with Crippen LogP contribution in [0.1, 0.15) is 35.5 Å². The quantitative estimate of drug-likeness (QED) is 0.421. The number of benzene rings is 1. The summed E-state index contributed by atoms with van der Waals surface area (Å²) in [6.07, 6.45) is 2.46. The highest BCUT2D eigenvalue weighted by atomic mass is 32.1. The molecule has 0 aliphatic rings. The molecule has 148 valence electrons. The predicted molar refractivity (Wildman–Crippen MR) is 110 cm³/mol. The molecule has 28 heavy (non-hydrogen) atoms. The molecule has 0 atom stereocenters. The molecule has 6 nitrogen and oxygen atoms in total. The summed E-state index contributed by atoms with van der Waals surface area (Å²) in [5, 5.41) is 0.503. The zero-order valence-corrected chi connectivity index (χ0v) is 17.1. The van der Waals surface area contributed by atoms with Crippen molar-refractivity contribution in [2.75, 3.05) is 13.2 Å². The van der Waals surface area contributed by atoms with E-state index in [1.165, 1.54) is 11.3 Å². The van der Waals surface area contributed by atoms with Crippen molar-refractivity contribution in [3.8, 4) is 5.75 Å². The van der Waals surface area contributed by atoms with Crippen LogP contribution in [0, 0.1) is 12.8 Å². The number of nitrogens with zero attached hydrogens (tertiary/aromatic N) is 2. The van der Waals surface area contributed by atoms with Crippen LogP contribution < -0.4 is 10.3 Å². The number of thiophene rings is 1. The molecule has 0 bridgehead atoms. The minimum atomic E-state index is -0.453. The fourth-order valence-electron chi connectivity index (χ4n) is 2.79. The van der Waals surface area contributed by atoms with Gasteiger partial charge in [-0.1, -0.05) is 32.0 Å². The van der Waals surface area contributed by atoms with E-state index in [4.69, 9.17) is 9.47 Å². The second-order valence-electron chi connectivity index (χ2n) is 6.96. The van der Waals surface area contributed by atoms with Crippen LogP contribution in [0.25, 0.3) is 10.2 Å². The Kier molecular flexibility index (Phi) is 6.46. The largest absolute Gasteiger partial charge is 0.490 e. The van der Waals surface area contributed by atoms with E-state index in [0.29, 0.717) is 33.1 Å². The van der Waals surface area contributed by atoms with E-state index in [2.05, 4.69) is 18.8 Å². The Labute approximate surface area is 167 Å². The Balaban J connectivity index is 1.68. The Morgan fingerprint density at radius 2 is 1.96 bits per heavy atom. The van der Waals surface area contributed by atoms with E-state index in [1.54, 1.807) is 17.8 Å². The molecule has 0 unspecified atom stereocenters. The molecule has 0 saturated carbocycles. The number of ether oxygens (including phenoxy) is 2. The monoisotopic (exact) mass is 400 g/mol. The van der Waals surface area contributed by atoms with E-state index in [9.17, 15) is 9.59 Å². The zero-order chi connectivity index (χ0) is 20.1. The molecular formula is C21H24N2O4S. The molecule has 1 aromatic carbocycles. The molecule has 0 spiro atoms. The first-order valence-electron chi connectivity index (χ1n) is 9.31. The number of aromatic nitrogens is 2. The lowest BCUT2D eigenvalue weighted by Gasteiger charge is -2.07. The van der Waals surface area contributed by atoms with Gasteiger partial charge in [0.1, 0.15) is 28.7 Å². The fourth-order valence-corrected chi connectivity index (χ4v) is 3.82. The van der Waals surface area contributed by atoms with Crippen LogP contribution in [-0.2, 0) is 11.3 Å². The number of hydrogen-bond donors (Lipinski definition) is 0. The van der Waals surface area contributed by atoms with Gasteiger partial charge in [-0.2, -0.15) is 0 Å². The zero-order valence-electron chi connectivity index (χ0n) is 16.3. The third-order valence-corrected chi connectivity index (χ3v) is 5.56. The number of fused-ring (bicyclic) bond motifs is 1. The van der Waals surface area contributed by atoms with Gasteiger partial charge < -0.3 is 9.47 Å². The smallest absolute Gasteiger partial charge is 0.348 e. The third-order valence-electron chi connectivity index (χ3n) is 4.38. The normalized spacial score (nSPS) is 11.1. The highest BCUT2D eigenvalue weighted by molar-refractivity contribution is 7.20. The maximum absolute atomic E-state index is 12.8. The maximum atomic E-state index is 12.8. The van der Waals surface area contributed by atoms with Crippen molar-refractivity contribution in [3.05, 3.63) is 57.5 Å². The number of esters is 1. The van der Waals surface area contributed by atoms with Gasteiger partial charge in [0.05, 0.1) is 11.7 Å². The van der Waals surface area contributed by atoms with Gasteiger partial charge in [0.25, 0.3) is 5.56 Å². The van der Waals surface area contributed by atoms with Gasteiger partial charge in [-0.3, -0.25) is 9.36 Å². The molecule has 0 amide bonds. The van der Waals surface area contributed by atoms with E-state index in [1.807, 2.05) is 30.3 Å².